The lowest BCUT2D eigenvalue weighted by Crippen LogP contribution is -2.41. The second kappa shape index (κ2) is 5.42. The minimum atomic E-state index is -0.567. The summed E-state index contributed by atoms with van der Waals surface area (Å²) in [4.78, 5) is 18.1. The van der Waals surface area contributed by atoms with Crippen LogP contribution in [0.2, 0.25) is 0 Å². The van der Waals surface area contributed by atoms with Crippen molar-refractivity contribution in [2.24, 2.45) is 0 Å². The van der Waals surface area contributed by atoms with Crippen LogP contribution in [0.15, 0.2) is 12.1 Å². The van der Waals surface area contributed by atoms with Crippen LogP contribution in [0.4, 0.5) is 4.79 Å². The summed E-state index contributed by atoms with van der Waals surface area (Å²) in [5.74, 6) is 0.488. The average molecular weight is 294 g/mol. The highest BCUT2D eigenvalue weighted by Crippen LogP contribution is 2.33. The van der Waals surface area contributed by atoms with Gasteiger partial charge < -0.3 is 14.6 Å². The van der Waals surface area contributed by atoms with E-state index in [0.717, 1.165) is 0 Å². The Morgan fingerprint density at radius 3 is 2.71 bits per heavy atom. The van der Waals surface area contributed by atoms with Gasteiger partial charge in [0, 0.05) is 6.07 Å². The van der Waals surface area contributed by atoms with Crippen LogP contribution in [0.5, 0.6) is 11.6 Å². The molecule has 0 aliphatic carbocycles. The third kappa shape index (κ3) is 3.56. The van der Waals surface area contributed by atoms with Crippen LogP contribution >= 0.6 is 0 Å². The molecule has 2 atom stereocenters. The highest BCUT2D eigenvalue weighted by Gasteiger charge is 2.33. The quantitative estimate of drug-likeness (QED) is 0.796. The Bertz CT molecular complexity index is 539. The number of ether oxygens (including phenoxy) is 2. The number of amides is 1. The van der Waals surface area contributed by atoms with Gasteiger partial charge in [-0.1, -0.05) is 0 Å². The number of nitrogens with zero attached hydrogens (tertiary/aromatic N) is 2. The van der Waals surface area contributed by atoms with Gasteiger partial charge in [-0.3, -0.25) is 4.90 Å². The number of pyridine rings is 1. The largest absolute Gasteiger partial charge is 0.493 e. The van der Waals surface area contributed by atoms with Crippen molar-refractivity contribution in [3.63, 3.8) is 0 Å². The number of hydrogen-bond acceptors (Lipinski definition) is 5. The van der Waals surface area contributed by atoms with Crippen molar-refractivity contribution in [1.82, 2.24) is 9.88 Å². The second-order valence-corrected chi connectivity index (χ2v) is 6.29. The molecule has 116 valence electrons. The molecule has 6 heteroatoms. The monoisotopic (exact) mass is 294 g/mol. The lowest BCUT2D eigenvalue weighted by molar-refractivity contribution is 0.0124. The molecule has 0 radical (unpaired) electrons. The van der Waals surface area contributed by atoms with E-state index in [2.05, 4.69) is 4.98 Å². The van der Waals surface area contributed by atoms with Crippen molar-refractivity contribution in [2.45, 2.75) is 52.4 Å². The van der Waals surface area contributed by atoms with Crippen LogP contribution in [-0.2, 0) is 4.74 Å². The molecule has 1 aromatic heterocycles. The molecule has 0 unspecified atom stereocenters. The van der Waals surface area contributed by atoms with Crippen molar-refractivity contribution in [2.75, 3.05) is 6.54 Å². The maximum absolute atomic E-state index is 12.4. The first-order chi connectivity index (χ1) is 9.67. The van der Waals surface area contributed by atoms with Crippen molar-refractivity contribution in [3.8, 4) is 11.6 Å². The number of aromatic nitrogens is 1. The topological polar surface area (TPSA) is 71.9 Å². The van der Waals surface area contributed by atoms with E-state index in [-0.39, 0.29) is 18.0 Å². The molecule has 21 heavy (non-hydrogen) atoms. The Morgan fingerprint density at radius 1 is 1.43 bits per heavy atom. The van der Waals surface area contributed by atoms with Crippen molar-refractivity contribution < 1.29 is 19.4 Å². The van der Waals surface area contributed by atoms with E-state index < -0.39 is 11.7 Å². The van der Waals surface area contributed by atoms with Gasteiger partial charge in [0.15, 0.2) is 0 Å². The first-order valence-corrected chi connectivity index (χ1v) is 7.03. The summed E-state index contributed by atoms with van der Waals surface area (Å²) in [7, 11) is 0. The highest BCUT2D eigenvalue weighted by molar-refractivity contribution is 5.69. The molecular weight excluding hydrogens is 272 g/mol. The van der Waals surface area contributed by atoms with E-state index >= 15 is 0 Å². The van der Waals surface area contributed by atoms with Crippen LogP contribution < -0.4 is 4.74 Å². The SMILES string of the molecule is C[C@@H]1CN(C(=O)OC(C)(C)C)[C@@H](C)c2nc(O)ccc2O1. The number of aromatic hydroxyl groups is 1. The number of carbonyl (C=O) groups excluding carboxylic acids is 1. The molecule has 0 bridgehead atoms. The number of carbonyl (C=O) groups is 1. The average Bonchev–Trinajstić information content (AvgIpc) is 2.46. The normalized spacial score (nSPS) is 22.0. The molecule has 0 fully saturated rings. The fraction of sp³-hybridized carbons (Fsp3) is 0.600. The lowest BCUT2D eigenvalue weighted by Gasteiger charge is -2.30. The van der Waals surface area contributed by atoms with Crippen LogP contribution in [0, 0.1) is 0 Å². The maximum atomic E-state index is 12.4. The van der Waals surface area contributed by atoms with Crippen molar-refractivity contribution in [1.29, 1.82) is 0 Å². The summed E-state index contributed by atoms with van der Waals surface area (Å²) in [6, 6.07) is 2.80. The smallest absolute Gasteiger partial charge is 0.410 e. The molecule has 0 saturated heterocycles. The summed E-state index contributed by atoms with van der Waals surface area (Å²) in [6.45, 7) is 9.60. The predicted molar refractivity (Wildman–Crippen MR) is 77.3 cm³/mol. The fourth-order valence-electron chi connectivity index (χ4n) is 2.24. The first kappa shape index (κ1) is 15.4. The molecule has 2 rings (SSSR count). The number of rotatable bonds is 0. The van der Waals surface area contributed by atoms with Crippen molar-refractivity contribution >= 4 is 6.09 Å². The molecule has 1 aromatic rings. The van der Waals surface area contributed by atoms with E-state index in [9.17, 15) is 9.90 Å². The Kier molecular flexibility index (Phi) is 3.98. The second-order valence-electron chi connectivity index (χ2n) is 6.29. The summed E-state index contributed by atoms with van der Waals surface area (Å²) in [5.41, 5.74) is -0.0346. The molecule has 0 aromatic carbocycles. The third-order valence-corrected chi connectivity index (χ3v) is 3.14. The van der Waals surface area contributed by atoms with Crippen LogP contribution in [0.25, 0.3) is 0 Å². The van der Waals surface area contributed by atoms with Gasteiger partial charge in [-0.05, 0) is 40.7 Å². The molecule has 0 saturated carbocycles. The molecular formula is C15H22N2O4. The number of hydrogen-bond donors (Lipinski definition) is 1. The maximum Gasteiger partial charge on any atom is 0.410 e. The minimum absolute atomic E-state index is 0.0945. The van der Waals surface area contributed by atoms with E-state index in [1.54, 1.807) is 11.0 Å². The first-order valence-electron chi connectivity index (χ1n) is 7.03. The molecule has 1 N–H and O–H groups in total. The van der Waals surface area contributed by atoms with Gasteiger partial charge in [0.25, 0.3) is 0 Å². The Balaban J connectivity index is 2.33. The lowest BCUT2D eigenvalue weighted by atomic mass is 10.1. The van der Waals surface area contributed by atoms with Gasteiger partial charge in [0.2, 0.25) is 5.88 Å². The molecule has 0 spiro atoms. The van der Waals surface area contributed by atoms with E-state index in [4.69, 9.17) is 9.47 Å². The van der Waals surface area contributed by atoms with Crippen LogP contribution in [0.3, 0.4) is 0 Å². The molecule has 1 amide bonds. The zero-order chi connectivity index (χ0) is 15.8. The third-order valence-electron chi connectivity index (χ3n) is 3.14. The molecule has 1 aliphatic heterocycles. The van der Waals surface area contributed by atoms with Crippen LogP contribution in [0.1, 0.15) is 46.4 Å². The van der Waals surface area contributed by atoms with Gasteiger partial charge in [0.1, 0.15) is 23.1 Å². The predicted octanol–water partition coefficient (Wildman–Crippen LogP) is 2.87. The number of fused-ring (bicyclic) bond motifs is 1. The summed E-state index contributed by atoms with van der Waals surface area (Å²) in [5, 5.41) is 9.57. The minimum Gasteiger partial charge on any atom is -0.493 e. The molecule has 2 heterocycles. The highest BCUT2D eigenvalue weighted by atomic mass is 16.6. The zero-order valence-corrected chi connectivity index (χ0v) is 13.1. The Hall–Kier alpha value is -1.98. The standard InChI is InChI=1S/C15H22N2O4/c1-9-8-17(14(19)21-15(3,4)5)10(2)13-11(20-9)6-7-12(18)16-13/h6-7,9-10H,8H2,1-5H3,(H,16,18)/t9-,10+/m1/s1. The zero-order valence-electron chi connectivity index (χ0n) is 13.1. The van der Waals surface area contributed by atoms with Gasteiger partial charge in [-0.15, -0.1) is 0 Å². The fourth-order valence-corrected chi connectivity index (χ4v) is 2.24. The van der Waals surface area contributed by atoms with E-state index in [0.29, 0.717) is 18.0 Å². The van der Waals surface area contributed by atoms with Gasteiger partial charge >= 0.3 is 6.09 Å². The van der Waals surface area contributed by atoms with Gasteiger partial charge in [0.05, 0.1) is 12.6 Å². The summed E-state index contributed by atoms with van der Waals surface area (Å²) in [6.07, 6.45) is -0.601. The summed E-state index contributed by atoms with van der Waals surface area (Å²) < 4.78 is 11.2. The van der Waals surface area contributed by atoms with Gasteiger partial charge in [-0.2, -0.15) is 0 Å². The van der Waals surface area contributed by atoms with E-state index in [1.807, 2.05) is 34.6 Å². The summed E-state index contributed by atoms with van der Waals surface area (Å²) >= 11 is 0. The Morgan fingerprint density at radius 2 is 2.10 bits per heavy atom. The van der Waals surface area contributed by atoms with Crippen LogP contribution in [-0.4, -0.2) is 39.3 Å². The molecule has 1 aliphatic rings. The Labute approximate surface area is 124 Å². The van der Waals surface area contributed by atoms with Crippen molar-refractivity contribution in [3.05, 3.63) is 17.8 Å². The van der Waals surface area contributed by atoms with E-state index in [1.165, 1.54) is 6.07 Å². The van der Waals surface area contributed by atoms with Gasteiger partial charge in [-0.25, -0.2) is 9.78 Å². The molecule has 6 nitrogen and oxygen atoms in total.